The van der Waals surface area contributed by atoms with E-state index in [1.807, 2.05) is 0 Å². The number of likely N-dealkylation sites (N-methyl/N-ethyl adjacent to an activating group) is 1. The van der Waals surface area contributed by atoms with Crippen LogP contribution in [-0.4, -0.2) is 68.1 Å². The second-order valence-electron chi connectivity index (χ2n) is 5.28. The van der Waals surface area contributed by atoms with E-state index in [4.69, 9.17) is 0 Å². The van der Waals surface area contributed by atoms with Crippen LogP contribution < -0.4 is 4.72 Å². The Morgan fingerprint density at radius 3 is 2.65 bits per heavy atom. The van der Waals surface area contributed by atoms with Crippen LogP contribution in [0.5, 0.6) is 0 Å². The van der Waals surface area contributed by atoms with E-state index in [0.29, 0.717) is 13.1 Å². The van der Waals surface area contributed by atoms with Crippen molar-refractivity contribution in [2.24, 2.45) is 0 Å². The van der Waals surface area contributed by atoms with Gasteiger partial charge in [0.25, 0.3) is 10.2 Å². The summed E-state index contributed by atoms with van der Waals surface area (Å²) < 4.78 is 28.6. The summed E-state index contributed by atoms with van der Waals surface area (Å²) in [6.45, 7) is 7.67. The van der Waals surface area contributed by atoms with E-state index in [2.05, 4.69) is 23.5 Å². The molecule has 120 valence electrons. The standard InChI is InChI=1S/C13H29N3O3S/c1-3-9-15(4-2)11-8-14-20(18,19)16-10-6-5-7-13(16)12-17/h13-14,17H,3-12H2,1-2H3. The molecule has 1 heterocycles. The smallest absolute Gasteiger partial charge is 0.279 e. The minimum absolute atomic E-state index is 0.0994. The van der Waals surface area contributed by atoms with Crippen molar-refractivity contribution in [1.29, 1.82) is 0 Å². The van der Waals surface area contributed by atoms with E-state index < -0.39 is 10.2 Å². The van der Waals surface area contributed by atoms with Gasteiger partial charge in [-0.25, -0.2) is 4.72 Å². The zero-order chi connectivity index (χ0) is 15.0. The normalized spacial score (nSPS) is 21.5. The molecule has 0 spiro atoms. The van der Waals surface area contributed by atoms with E-state index >= 15 is 0 Å². The van der Waals surface area contributed by atoms with Crippen LogP contribution in [0.4, 0.5) is 0 Å². The lowest BCUT2D eigenvalue weighted by Crippen LogP contribution is -2.51. The molecule has 7 heteroatoms. The van der Waals surface area contributed by atoms with E-state index in [1.165, 1.54) is 4.31 Å². The SMILES string of the molecule is CCCN(CC)CCNS(=O)(=O)N1CCCCC1CO. The first-order chi connectivity index (χ1) is 9.55. The zero-order valence-electron chi connectivity index (χ0n) is 12.7. The average Bonchev–Trinajstić information content (AvgIpc) is 2.46. The maximum atomic E-state index is 12.3. The van der Waals surface area contributed by atoms with Crippen LogP contribution in [0.15, 0.2) is 0 Å². The van der Waals surface area contributed by atoms with Crippen molar-refractivity contribution >= 4 is 10.2 Å². The van der Waals surface area contributed by atoms with Crippen molar-refractivity contribution in [2.45, 2.75) is 45.6 Å². The molecule has 0 aromatic rings. The van der Waals surface area contributed by atoms with Crippen LogP contribution in [0.2, 0.25) is 0 Å². The predicted molar refractivity (Wildman–Crippen MR) is 80.8 cm³/mol. The van der Waals surface area contributed by atoms with Gasteiger partial charge in [0, 0.05) is 25.7 Å². The Balaban J connectivity index is 2.47. The second kappa shape index (κ2) is 8.94. The first kappa shape index (κ1) is 17.8. The summed E-state index contributed by atoms with van der Waals surface area (Å²) in [5.41, 5.74) is 0. The van der Waals surface area contributed by atoms with Gasteiger partial charge in [0.1, 0.15) is 0 Å². The zero-order valence-corrected chi connectivity index (χ0v) is 13.5. The molecule has 1 aliphatic heterocycles. The Morgan fingerprint density at radius 1 is 1.30 bits per heavy atom. The number of hydrogen-bond donors (Lipinski definition) is 2. The lowest BCUT2D eigenvalue weighted by atomic mass is 10.1. The van der Waals surface area contributed by atoms with Crippen molar-refractivity contribution in [3.8, 4) is 0 Å². The third kappa shape index (κ3) is 5.29. The highest BCUT2D eigenvalue weighted by Gasteiger charge is 2.31. The van der Waals surface area contributed by atoms with Crippen LogP contribution >= 0.6 is 0 Å². The third-order valence-electron chi connectivity index (χ3n) is 3.79. The van der Waals surface area contributed by atoms with Crippen molar-refractivity contribution in [3.63, 3.8) is 0 Å². The fraction of sp³-hybridized carbons (Fsp3) is 1.00. The van der Waals surface area contributed by atoms with Crippen molar-refractivity contribution in [1.82, 2.24) is 13.9 Å². The Hall–Kier alpha value is -0.210. The van der Waals surface area contributed by atoms with E-state index in [0.717, 1.165) is 45.3 Å². The molecular formula is C13H29N3O3S. The van der Waals surface area contributed by atoms with Gasteiger partial charge >= 0.3 is 0 Å². The summed E-state index contributed by atoms with van der Waals surface area (Å²) in [5, 5.41) is 9.30. The van der Waals surface area contributed by atoms with Crippen LogP contribution in [-0.2, 0) is 10.2 Å². The number of nitrogens with one attached hydrogen (secondary N) is 1. The predicted octanol–water partition coefficient (Wildman–Crippen LogP) is 0.400. The number of aliphatic hydroxyl groups excluding tert-OH is 1. The van der Waals surface area contributed by atoms with Gasteiger partial charge in [0.2, 0.25) is 0 Å². The molecule has 1 saturated heterocycles. The minimum Gasteiger partial charge on any atom is -0.395 e. The summed E-state index contributed by atoms with van der Waals surface area (Å²) in [6, 6.07) is -0.265. The fourth-order valence-corrected chi connectivity index (χ4v) is 4.08. The number of rotatable bonds is 9. The summed E-state index contributed by atoms with van der Waals surface area (Å²) in [7, 11) is -3.47. The Morgan fingerprint density at radius 2 is 2.05 bits per heavy atom. The highest BCUT2D eigenvalue weighted by Crippen LogP contribution is 2.19. The summed E-state index contributed by atoms with van der Waals surface area (Å²) >= 11 is 0. The topological polar surface area (TPSA) is 72.9 Å². The van der Waals surface area contributed by atoms with Crippen LogP contribution in [0, 0.1) is 0 Å². The molecule has 2 N–H and O–H groups in total. The Kier molecular flexibility index (Phi) is 7.98. The molecule has 0 aromatic carbocycles. The van der Waals surface area contributed by atoms with Gasteiger partial charge in [-0.15, -0.1) is 0 Å². The minimum atomic E-state index is -3.47. The van der Waals surface area contributed by atoms with Crippen molar-refractivity contribution < 1.29 is 13.5 Å². The highest BCUT2D eigenvalue weighted by atomic mass is 32.2. The first-order valence-corrected chi connectivity index (χ1v) is 9.08. The molecule has 6 nitrogen and oxygen atoms in total. The van der Waals surface area contributed by atoms with Gasteiger partial charge in [0.15, 0.2) is 0 Å². The highest BCUT2D eigenvalue weighted by molar-refractivity contribution is 7.87. The molecule has 1 aliphatic rings. The molecule has 1 unspecified atom stereocenters. The van der Waals surface area contributed by atoms with Crippen molar-refractivity contribution in [3.05, 3.63) is 0 Å². The van der Waals surface area contributed by atoms with Crippen LogP contribution in [0.1, 0.15) is 39.5 Å². The molecule has 1 rings (SSSR count). The molecular weight excluding hydrogens is 278 g/mol. The molecule has 0 bridgehead atoms. The molecule has 0 aromatic heterocycles. The van der Waals surface area contributed by atoms with Gasteiger partial charge < -0.3 is 10.0 Å². The average molecular weight is 307 g/mol. The number of aliphatic hydroxyl groups is 1. The van der Waals surface area contributed by atoms with Gasteiger partial charge in [-0.3, -0.25) is 0 Å². The van der Waals surface area contributed by atoms with Gasteiger partial charge in [0.05, 0.1) is 6.61 Å². The summed E-state index contributed by atoms with van der Waals surface area (Å²) in [6.07, 6.45) is 3.67. The van der Waals surface area contributed by atoms with Crippen LogP contribution in [0.25, 0.3) is 0 Å². The molecule has 1 fully saturated rings. The van der Waals surface area contributed by atoms with Gasteiger partial charge in [-0.1, -0.05) is 20.3 Å². The molecule has 0 amide bonds. The van der Waals surface area contributed by atoms with E-state index in [9.17, 15) is 13.5 Å². The first-order valence-electron chi connectivity index (χ1n) is 7.64. The second-order valence-corrected chi connectivity index (χ2v) is 6.98. The molecule has 0 aliphatic carbocycles. The summed E-state index contributed by atoms with van der Waals surface area (Å²) in [5.74, 6) is 0. The van der Waals surface area contributed by atoms with Crippen LogP contribution in [0.3, 0.4) is 0 Å². The largest absolute Gasteiger partial charge is 0.395 e. The molecule has 0 saturated carbocycles. The fourth-order valence-electron chi connectivity index (χ4n) is 2.63. The molecule has 1 atom stereocenters. The lowest BCUT2D eigenvalue weighted by molar-refractivity contribution is 0.153. The maximum Gasteiger partial charge on any atom is 0.279 e. The lowest BCUT2D eigenvalue weighted by Gasteiger charge is -2.33. The van der Waals surface area contributed by atoms with Gasteiger partial charge in [-0.2, -0.15) is 12.7 Å². The molecule has 0 radical (unpaired) electrons. The van der Waals surface area contributed by atoms with Crippen molar-refractivity contribution in [2.75, 3.05) is 39.3 Å². The monoisotopic (exact) mass is 307 g/mol. The Labute approximate surface area is 123 Å². The third-order valence-corrected chi connectivity index (χ3v) is 5.46. The van der Waals surface area contributed by atoms with E-state index in [1.54, 1.807) is 0 Å². The van der Waals surface area contributed by atoms with E-state index in [-0.39, 0.29) is 12.6 Å². The summed E-state index contributed by atoms with van der Waals surface area (Å²) in [4.78, 5) is 2.22. The maximum absolute atomic E-state index is 12.3. The Bertz CT molecular complexity index is 362. The molecule has 20 heavy (non-hydrogen) atoms. The number of nitrogens with zero attached hydrogens (tertiary/aromatic N) is 2. The quantitative estimate of drug-likeness (QED) is 0.647. The van der Waals surface area contributed by atoms with Gasteiger partial charge in [-0.05, 0) is 32.4 Å². The number of piperidine rings is 1. The number of hydrogen-bond acceptors (Lipinski definition) is 4.